The molecular formula is C31H35I2N3O6S. The van der Waals surface area contributed by atoms with E-state index in [9.17, 15) is 23.1 Å². The predicted octanol–water partition coefficient (Wildman–Crippen LogP) is 3.45. The number of sulfone groups is 1. The molecule has 2 aliphatic rings. The molecule has 4 atom stereocenters. The fourth-order valence-electron chi connectivity index (χ4n) is 5.04. The summed E-state index contributed by atoms with van der Waals surface area (Å²) in [5.41, 5.74) is 12.6. The van der Waals surface area contributed by atoms with E-state index in [1.807, 2.05) is 75.5 Å². The highest BCUT2D eigenvalue weighted by Gasteiger charge is 2.49. The van der Waals surface area contributed by atoms with Crippen LogP contribution in [0.15, 0.2) is 98.0 Å². The Labute approximate surface area is 279 Å². The van der Waals surface area contributed by atoms with Crippen LogP contribution in [0.3, 0.4) is 0 Å². The monoisotopic (exact) mass is 831 g/mol. The second-order valence-corrected chi connectivity index (χ2v) is 15.0. The van der Waals surface area contributed by atoms with Gasteiger partial charge in [-0.3, -0.25) is 9.59 Å². The lowest BCUT2D eigenvalue weighted by Gasteiger charge is -2.39. The van der Waals surface area contributed by atoms with Crippen molar-refractivity contribution in [3.05, 3.63) is 98.6 Å². The van der Waals surface area contributed by atoms with Crippen molar-refractivity contribution < 1.29 is 27.9 Å². The molecule has 1 saturated heterocycles. The molecule has 2 aromatic carbocycles. The molecule has 1 amide bonds. The molecular weight excluding hydrogens is 796 g/mol. The third-order valence-electron chi connectivity index (χ3n) is 7.56. The van der Waals surface area contributed by atoms with E-state index in [2.05, 4.69) is 0 Å². The molecule has 4 rings (SSSR count). The molecule has 43 heavy (non-hydrogen) atoms. The number of ketones is 1. The number of hydrogen-bond donors (Lipinski definition) is 3. The number of benzene rings is 2. The van der Waals surface area contributed by atoms with E-state index in [-0.39, 0.29) is 23.0 Å². The average molecular weight is 832 g/mol. The first-order valence-corrected chi connectivity index (χ1v) is 17.7. The minimum Gasteiger partial charge on any atom is -0.389 e. The van der Waals surface area contributed by atoms with Crippen LogP contribution in [0.2, 0.25) is 0 Å². The van der Waals surface area contributed by atoms with Gasteiger partial charge in [0.2, 0.25) is 9.84 Å². The molecule has 0 bridgehead atoms. The molecule has 0 spiro atoms. The summed E-state index contributed by atoms with van der Waals surface area (Å²) in [4.78, 5) is 28.7. The van der Waals surface area contributed by atoms with E-state index in [4.69, 9.17) is 16.2 Å². The predicted molar refractivity (Wildman–Crippen MR) is 182 cm³/mol. The number of nitrogens with two attached hydrogens (primary N) is 2. The van der Waals surface area contributed by atoms with E-state index in [0.29, 0.717) is 48.3 Å². The van der Waals surface area contributed by atoms with Crippen molar-refractivity contribution in [1.29, 1.82) is 0 Å². The van der Waals surface area contributed by atoms with Crippen LogP contribution >= 0.6 is 45.2 Å². The summed E-state index contributed by atoms with van der Waals surface area (Å²) in [6, 6.07) is 16.4. The molecule has 12 heteroatoms. The van der Waals surface area contributed by atoms with Crippen LogP contribution in [-0.4, -0.2) is 72.0 Å². The van der Waals surface area contributed by atoms with Crippen LogP contribution in [0, 0.1) is 5.92 Å². The SMILES string of the molecule is N/C(=C\[C@H](CCc1ccccc1)C(=O)[C@@H](N)CC1=CC(I)C(O)(C(=O)N2CCOCC2)C(I)=C1)S(=O)(=O)c1ccccc1. The Bertz CT molecular complexity index is 1510. The van der Waals surface area contributed by atoms with Crippen LogP contribution < -0.4 is 11.5 Å². The number of allylic oxidation sites excluding steroid dienone is 2. The zero-order chi connectivity index (χ0) is 31.2. The Morgan fingerprint density at radius 1 is 1.09 bits per heavy atom. The summed E-state index contributed by atoms with van der Waals surface area (Å²) >= 11 is 4.01. The highest BCUT2D eigenvalue weighted by molar-refractivity contribution is 14.1. The number of nitrogens with zero attached hydrogens (tertiary/aromatic N) is 1. The van der Waals surface area contributed by atoms with Crippen molar-refractivity contribution >= 4 is 66.7 Å². The van der Waals surface area contributed by atoms with E-state index < -0.39 is 36.4 Å². The number of amides is 1. The van der Waals surface area contributed by atoms with Gasteiger partial charge in [0.25, 0.3) is 5.91 Å². The maximum atomic E-state index is 13.7. The van der Waals surface area contributed by atoms with Crippen LogP contribution in [-0.2, 0) is 30.6 Å². The van der Waals surface area contributed by atoms with Crippen LogP contribution in [0.5, 0.6) is 0 Å². The van der Waals surface area contributed by atoms with E-state index in [0.717, 1.165) is 5.56 Å². The number of ether oxygens (including phenoxy) is 1. The lowest BCUT2D eigenvalue weighted by molar-refractivity contribution is -0.150. The fourth-order valence-corrected chi connectivity index (χ4v) is 8.80. The smallest absolute Gasteiger partial charge is 0.261 e. The Morgan fingerprint density at radius 2 is 1.70 bits per heavy atom. The Hall–Kier alpha value is -2.11. The summed E-state index contributed by atoms with van der Waals surface area (Å²) in [5, 5.41) is 11.1. The van der Waals surface area contributed by atoms with Crippen molar-refractivity contribution in [1.82, 2.24) is 4.90 Å². The van der Waals surface area contributed by atoms with E-state index >= 15 is 0 Å². The average Bonchev–Trinajstić information content (AvgIpc) is 3.02. The molecule has 2 aromatic rings. The van der Waals surface area contributed by atoms with Crippen molar-refractivity contribution in [2.24, 2.45) is 17.4 Å². The minimum atomic E-state index is -4.00. The van der Waals surface area contributed by atoms with Gasteiger partial charge in [-0.2, -0.15) is 0 Å². The number of hydrogen-bond acceptors (Lipinski definition) is 8. The molecule has 0 saturated carbocycles. The Kier molecular flexibility index (Phi) is 11.6. The molecule has 1 fully saturated rings. The number of alkyl halides is 1. The third-order valence-corrected chi connectivity index (χ3v) is 11.6. The maximum absolute atomic E-state index is 13.7. The lowest BCUT2D eigenvalue weighted by Crippen LogP contribution is -2.57. The number of carbonyl (C=O) groups is 2. The lowest BCUT2D eigenvalue weighted by atomic mass is 9.85. The van der Waals surface area contributed by atoms with Gasteiger partial charge >= 0.3 is 0 Å². The van der Waals surface area contributed by atoms with Crippen molar-refractivity contribution in [2.75, 3.05) is 26.3 Å². The standard InChI is InChI=1S/C31H35I2N3O6S/c32-26-18-22(19-27(33)31(26,39)30(38)36-13-15-42-16-14-36)17-25(34)29(37)23(12-11-21-7-3-1-4-8-21)20-28(35)43(40,41)24-9-5-2-6-10-24/h1-10,18-20,23,25-26,39H,11-17,34-35H2/b28-20+/t23-,25-,26?,31?/m0/s1. The van der Waals surface area contributed by atoms with Gasteiger partial charge < -0.3 is 26.2 Å². The van der Waals surface area contributed by atoms with Gasteiger partial charge in [0, 0.05) is 22.6 Å². The van der Waals surface area contributed by atoms with Crippen molar-refractivity contribution in [3.8, 4) is 0 Å². The molecule has 1 heterocycles. The highest BCUT2D eigenvalue weighted by Crippen LogP contribution is 2.40. The van der Waals surface area contributed by atoms with Gasteiger partial charge in [-0.25, -0.2) is 8.42 Å². The number of aliphatic hydroxyl groups is 1. The summed E-state index contributed by atoms with van der Waals surface area (Å²) in [6.45, 7) is 1.66. The number of Topliss-reactive ketones (excluding diaryl/α,β-unsaturated/α-hetero) is 1. The number of aryl methyl sites for hydroxylation is 1. The first-order valence-electron chi connectivity index (χ1n) is 13.9. The van der Waals surface area contributed by atoms with Gasteiger partial charge in [0.05, 0.1) is 28.1 Å². The minimum absolute atomic E-state index is 0.0431. The topological polar surface area (TPSA) is 153 Å². The third kappa shape index (κ3) is 7.95. The number of carbonyl (C=O) groups excluding carboxylic acids is 2. The second-order valence-electron chi connectivity index (χ2n) is 10.5. The van der Waals surface area contributed by atoms with Gasteiger partial charge in [-0.05, 0) is 77.3 Å². The van der Waals surface area contributed by atoms with Crippen molar-refractivity contribution in [2.45, 2.75) is 39.7 Å². The molecule has 5 N–H and O–H groups in total. The first-order chi connectivity index (χ1) is 20.4. The van der Waals surface area contributed by atoms with Crippen LogP contribution in [0.25, 0.3) is 0 Å². The van der Waals surface area contributed by atoms with Gasteiger partial charge in [-0.15, -0.1) is 0 Å². The molecule has 1 aliphatic carbocycles. The Morgan fingerprint density at radius 3 is 2.30 bits per heavy atom. The maximum Gasteiger partial charge on any atom is 0.261 e. The molecule has 9 nitrogen and oxygen atoms in total. The van der Waals surface area contributed by atoms with Gasteiger partial charge in [0.1, 0.15) is 5.03 Å². The van der Waals surface area contributed by atoms with Gasteiger partial charge in [0.15, 0.2) is 11.4 Å². The fraction of sp³-hybridized carbons (Fsp3) is 0.355. The molecule has 0 radical (unpaired) electrons. The second kappa shape index (κ2) is 14.8. The molecule has 1 aliphatic heterocycles. The molecule has 0 aromatic heterocycles. The van der Waals surface area contributed by atoms with E-state index in [1.165, 1.54) is 18.2 Å². The molecule has 230 valence electrons. The van der Waals surface area contributed by atoms with Gasteiger partial charge in [-0.1, -0.05) is 77.2 Å². The number of morpholine rings is 1. The number of rotatable bonds is 11. The van der Waals surface area contributed by atoms with E-state index in [1.54, 1.807) is 35.3 Å². The molecule has 2 unspecified atom stereocenters. The van der Waals surface area contributed by atoms with Crippen LogP contribution in [0.4, 0.5) is 0 Å². The van der Waals surface area contributed by atoms with Crippen LogP contribution in [0.1, 0.15) is 18.4 Å². The summed E-state index contributed by atoms with van der Waals surface area (Å²) < 4.78 is 31.5. The first kappa shape index (κ1) is 33.8. The van der Waals surface area contributed by atoms with Crippen molar-refractivity contribution in [3.63, 3.8) is 0 Å². The highest BCUT2D eigenvalue weighted by atomic mass is 127. The summed E-state index contributed by atoms with van der Waals surface area (Å²) in [5.74, 6) is -1.58. The zero-order valence-electron chi connectivity index (χ0n) is 23.4. The normalized spacial score (nSPS) is 22.7. The largest absolute Gasteiger partial charge is 0.389 e. The zero-order valence-corrected chi connectivity index (χ0v) is 28.6. The Balaban J connectivity index is 1.54. The summed E-state index contributed by atoms with van der Waals surface area (Å²) in [7, 11) is -4.00. The number of halogens is 2. The quantitative estimate of drug-likeness (QED) is 0.230. The summed E-state index contributed by atoms with van der Waals surface area (Å²) in [6.07, 6.45) is 5.75.